The topological polar surface area (TPSA) is 60.6 Å². The summed E-state index contributed by atoms with van der Waals surface area (Å²) in [6.07, 6.45) is 7.60. The van der Waals surface area contributed by atoms with Crippen LogP contribution < -0.4 is 5.32 Å². The van der Waals surface area contributed by atoms with Crippen LogP contribution in [0.3, 0.4) is 0 Å². The van der Waals surface area contributed by atoms with Gasteiger partial charge in [-0.2, -0.15) is 10.2 Å². The molecule has 3 aromatic rings. The molecule has 0 unspecified atom stereocenters. The Labute approximate surface area is 123 Å². The predicted molar refractivity (Wildman–Crippen MR) is 82.2 cm³/mol. The third kappa shape index (κ3) is 2.29. The monoisotopic (exact) mass is 282 g/mol. The summed E-state index contributed by atoms with van der Waals surface area (Å²) in [5.74, 6) is 0.917. The minimum Gasteiger partial charge on any atom is -0.362 e. The van der Waals surface area contributed by atoms with Crippen molar-refractivity contribution in [2.45, 2.75) is 20.4 Å². The van der Waals surface area contributed by atoms with Crippen molar-refractivity contribution < 1.29 is 0 Å². The van der Waals surface area contributed by atoms with Gasteiger partial charge in [0.1, 0.15) is 0 Å². The highest BCUT2D eigenvalue weighted by molar-refractivity contribution is 5.79. The largest absolute Gasteiger partial charge is 0.362 e. The predicted octanol–water partition coefficient (Wildman–Crippen LogP) is 2.62. The summed E-state index contributed by atoms with van der Waals surface area (Å²) in [4.78, 5) is 4.12. The molecular weight excluding hydrogens is 264 g/mol. The highest BCUT2D eigenvalue weighted by atomic mass is 15.3. The van der Waals surface area contributed by atoms with Gasteiger partial charge in [-0.1, -0.05) is 13.8 Å². The Balaban J connectivity index is 0.000000636. The molecule has 4 rings (SSSR count). The average Bonchev–Trinajstić information content (AvgIpc) is 3.12. The zero-order valence-corrected chi connectivity index (χ0v) is 12.4. The maximum Gasteiger partial charge on any atom is 0.156 e. The quantitative estimate of drug-likeness (QED) is 0.745. The van der Waals surface area contributed by atoms with Gasteiger partial charge >= 0.3 is 0 Å². The maximum atomic E-state index is 4.61. The molecule has 108 valence electrons. The molecule has 1 aliphatic rings. The smallest absolute Gasteiger partial charge is 0.156 e. The third-order valence-corrected chi connectivity index (χ3v) is 3.24. The van der Waals surface area contributed by atoms with E-state index >= 15 is 0 Å². The Morgan fingerprint density at radius 2 is 2.00 bits per heavy atom. The van der Waals surface area contributed by atoms with Gasteiger partial charge in [-0.05, 0) is 12.1 Å². The number of aromatic nitrogens is 5. The molecule has 0 bridgehead atoms. The number of nitrogens with zero attached hydrogens (tertiary/aromatic N) is 5. The summed E-state index contributed by atoms with van der Waals surface area (Å²) in [5.41, 5.74) is 4.22. The zero-order valence-electron chi connectivity index (χ0n) is 12.4. The summed E-state index contributed by atoms with van der Waals surface area (Å²) in [5, 5.41) is 12.3. The summed E-state index contributed by atoms with van der Waals surface area (Å²) < 4.78 is 3.68. The van der Waals surface area contributed by atoms with Gasteiger partial charge in [-0.3, -0.25) is 9.67 Å². The number of anilines is 1. The van der Waals surface area contributed by atoms with E-state index in [2.05, 4.69) is 20.5 Å². The van der Waals surface area contributed by atoms with E-state index in [0.717, 1.165) is 28.3 Å². The molecule has 6 nitrogen and oxygen atoms in total. The maximum absolute atomic E-state index is 4.61. The number of hydrogen-bond donors (Lipinski definition) is 1. The van der Waals surface area contributed by atoms with E-state index < -0.39 is 0 Å². The number of pyridine rings is 1. The zero-order chi connectivity index (χ0) is 14.8. The van der Waals surface area contributed by atoms with Crippen LogP contribution in [0.2, 0.25) is 0 Å². The molecule has 0 atom stereocenters. The van der Waals surface area contributed by atoms with Gasteiger partial charge in [0.2, 0.25) is 0 Å². The first-order valence-corrected chi connectivity index (χ1v) is 7.08. The van der Waals surface area contributed by atoms with E-state index in [0.29, 0.717) is 6.54 Å². The van der Waals surface area contributed by atoms with Crippen LogP contribution in [-0.4, -0.2) is 24.5 Å². The van der Waals surface area contributed by atoms with Gasteiger partial charge in [-0.15, -0.1) is 0 Å². The first kappa shape index (κ1) is 13.4. The third-order valence-electron chi connectivity index (χ3n) is 3.24. The fourth-order valence-electron chi connectivity index (χ4n) is 2.37. The fourth-order valence-corrected chi connectivity index (χ4v) is 2.37. The molecule has 3 aromatic heterocycles. The summed E-state index contributed by atoms with van der Waals surface area (Å²) in [6, 6.07) is 3.90. The van der Waals surface area contributed by atoms with E-state index in [1.165, 1.54) is 0 Å². The van der Waals surface area contributed by atoms with Crippen molar-refractivity contribution in [3.05, 3.63) is 42.6 Å². The molecule has 0 aliphatic carbocycles. The van der Waals surface area contributed by atoms with E-state index in [4.69, 9.17) is 0 Å². The molecule has 21 heavy (non-hydrogen) atoms. The van der Waals surface area contributed by atoms with Crippen LogP contribution in [0.4, 0.5) is 5.82 Å². The standard InChI is InChI=1S/C13H12N6.C2H6/c1-18-7-11-10-8-19(9-3-2-4-14-5-9)16-12(10)6-15-13(11)17-18;1-2/h2-5,7-8H,6H2,1H3,(H,15,17);1-2H3. The van der Waals surface area contributed by atoms with Crippen molar-refractivity contribution in [3.63, 3.8) is 0 Å². The first-order valence-electron chi connectivity index (χ1n) is 7.08. The molecule has 0 saturated carbocycles. The Hall–Kier alpha value is -2.63. The van der Waals surface area contributed by atoms with Crippen molar-refractivity contribution in [1.29, 1.82) is 0 Å². The lowest BCUT2D eigenvalue weighted by molar-refractivity contribution is 0.767. The lowest BCUT2D eigenvalue weighted by Gasteiger charge is -2.10. The van der Waals surface area contributed by atoms with E-state index in [1.54, 1.807) is 12.4 Å². The van der Waals surface area contributed by atoms with Crippen LogP contribution in [0, 0.1) is 0 Å². The van der Waals surface area contributed by atoms with Gasteiger partial charge in [0.15, 0.2) is 5.82 Å². The Bertz CT molecular complexity index is 741. The number of fused-ring (bicyclic) bond motifs is 3. The molecular formula is C15H18N6. The van der Waals surface area contributed by atoms with Crippen LogP contribution in [0.5, 0.6) is 0 Å². The highest BCUT2D eigenvalue weighted by Gasteiger charge is 2.22. The lowest BCUT2D eigenvalue weighted by Crippen LogP contribution is -2.07. The fraction of sp³-hybridized carbons (Fsp3) is 0.267. The molecule has 0 aromatic carbocycles. The Kier molecular flexibility index (Phi) is 3.43. The van der Waals surface area contributed by atoms with Gasteiger partial charge in [0.25, 0.3) is 0 Å². The van der Waals surface area contributed by atoms with Crippen molar-refractivity contribution >= 4 is 5.82 Å². The van der Waals surface area contributed by atoms with Gasteiger partial charge in [-0.25, -0.2) is 4.68 Å². The van der Waals surface area contributed by atoms with Crippen LogP contribution in [-0.2, 0) is 13.6 Å². The summed E-state index contributed by atoms with van der Waals surface area (Å²) >= 11 is 0. The minimum absolute atomic E-state index is 0.701. The van der Waals surface area contributed by atoms with E-state index in [-0.39, 0.29) is 0 Å². The highest BCUT2D eigenvalue weighted by Crippen LogP contribution is 2.34. The van der Waals surface area contributed by atoms with E-state index in [1.807, 2.05) is 54.8 Å². The van der Waals surface area contributed by atoms with Crippen molar-refractivity contribution in [2.24, 2.45) is 7.05 Å². The van der Waals surface area contributed by atoms with Crippen LogP contribution in [0.15, 0.2) is 36.9 Å². The van der Waals surface area contributed by atoms with Gasteiger partial charge < -0.3 is 5.32 Å². The van der Waals surface area contributed by atoms with Crippen LogP contribution in [0.25, 0.3) is 16.8 Å². The average molecular weight is 282 g/mol. The van der Waals surface area contributed by atoms with Crippen molar-refractivity contribution in [1.82, 2.24) is 24.5 Å². The Morgan fingerprint density at radius 1 is 1.14 bits per heavy atom. The van der Waals surface area contributed by atoms with Crippen molar-refractivity contribution in [2.75, 3.05) is 5.32 Å². The molecule has 0 fully saturated rings. The Morgan fingerprint density at radius 3 is 2.76 bits per heavy atom. The second kappa shape index (κ2) is 5.40. The SMILES string of the molecule is CC.Cn1cc2c(n1)NCc1nn(-c3cccnc3)cc1-2. The number of nitrogens with one attached hydrogen (secondary N) is 1. The minimum atomic E-state index is 0.701. The van der Waals surface area contributed by atoms with Crippen LogP contribution >= 0.6 is 0 Å². The molecule has 0 spiro atoms. The van der Waals surface area contributed by atoms with Crippen LogP contribution in [0.1, 0.15) is 19.5 Å². The lowest BCUT2D eigenvalue weighted by atomic mass is 10.1. The van der Waals surface area contributed by atoms with Gasteiger partial charge in [0.05, 0.1) is 24.1 Å². The molecule has 0 radical (unpaired) electrons. The van der Waals surface area contributed by atoms with E-state index in [9.17, 15) is 0 Å². The second-order valence-corrected chi connectivity index (χ2v) is 4.56. The summed E-state index contributed by atoms with van der Waals surface area (Å²) in [6.45, 7) is 4.70. The molecule has 4 heterocycles. The first-order chi connectivity index (χ1) is 10.3. The second-order valence-electron chi connectivity index (χ2n) is 4.56. The van der Waals surface area contributed by atoms with Gasteiger partial charge in [0, 0.05) is 36.8 Å². The number of hydrogen-bond acceptors (Lipinski definition) is 4. The number of rotatable bonds is 1. The molecule has 1 N–H and O–H groups in total. The molecule has 0 amide bonds. The molecule has 6 heteroatoms. The molecule has 0 saturated heterocycles. The van der Waals surface area contributed by atoms with Crippen molar-refractivity contribution in [3.8, 4) is 16.8 Å². The summed E-state index contributed by atoms with van der Waals surface area (Å²) in [7, 11) is 1.92. The number of aryl methyl sites for hydroxylation is 1. The normalized spacial score (nSPS) is 11.8. The molecule has 1 aliphatic heterocycles.